The van der Waals surface area contributed by atoms with Crippen LogP contribution in [0.15, 0.2) is 72.3 Å². The number of nitrogens with one attached hydrogen (secondary N) is 1. The van der Waals surface area contributed by atoms with Crippen LogP contribution in [0.25, 0.3) is 0 Å². The van der Waals surface area contributed by atoms with Crippen LogP contribution in [-0.4, -0.2) is 18.0 Å². The Bertz CT molecular complexity index is 993. The van der Waals surface area contributed by atoms with Crippen LogP contribution in [0.4, 0.5) is 0 Å². The number of carbonyl (C=O) groups excluding carboxylic acids is 1. The fourth-order valence-corrected chi connectivity index (χ4v) is 7.25. The van der Waals surface area contributed by atoms with Crippen molar-refractivity contribution >= 4 is 5.91 Å². The summed E-state index contributed by atoms with van der Waals surface area (Å²) in [4.78, 5) is 13.0. The van der Waals surface area contributed by atoms with E-state index in [9.17, 15) is 4.79 Å². The third kappa shape index (κ3) is 5.89. The zero-order valence-corrected chi connectivity index (χ0v) is 21.1. The van der Waals surface area contributed by atoms with Crippen LogP contribution >= 0.6 is 0 Å². The third-order valence-corrected chi connectivity index (χ3v) is 9.08. The summed E-state index contributed by atoms with van der Waals surface area (Å²) in [5, 5.41) is 3.33. The van der Waals surface area contributed by atoms with Crippen LogP contribution in [0.2, 0.25) is 0 Å². The van der Waals surface area contributed by atoms with E-state index in [1.54, 1.807) is 5.57 Å². The lowest BCUT2D eigenvalue weighted by Crippen LogP contribution is -2.43. The molecule has 0 aliphatic heterocycles. The molecule has 3 aliphatic carbocycles. The van der Waals surface area contributed by atoms with E-state index in [0.717, 1.165) is 38.5 Å². The molecule has 5 rings (SSSR count). The summed E-state index contributed by atoms with van der Waals surface area (Å²) in [6.45, 7) is 0. The van der Waals surface area contributed by atoms with Crippen LogP contribution < -0.4 is 11.1 Å². The molecule has 2 bridgehead atoms. The lowest BCUT2D eigenvalue weighted by atomic mass is 9.54. The smallest absolute Gasteiger partial charge is 0.220 e. The number of allylic oxidation sites excluding steroid dienone is 2. The Kier molecular flexibility index (Phi) is 7.72. The van der Waals surface area contributed by atoms with Gasteiger partial charge in [0, 0.05) is 18.5 Å². The molecule has 0 spiro atoms. The maximum absolute atomic E-state index is 13.0. The highest BCUT2D eigenvalue weighted by Crippen LogP contribution is 2.55. The standard InChI is InChI=1S/C32H42N2O/c33-28-15-17-29(18-16-28)34-31(35)20-14-26-23-32(27-11-5-2-6-12-27)21-7-10-25(22-32)30(26)19-13-24-8-3-1-4-9-24/h1-6,8-9,11-12,19,25-26,28-29H,7,10,13-18,20-23,33H2,(H,34,35)/b30-19+/t25?,26?,28-,29-,32?. The van der Waals surface area contributed by atoms with Gasteiger partial charge in [-0.1, -0.05) is 78.7 Å². The van der Waals surface area contributed by atoms with Crippen LogP contribution in [0, 0.1) is 11.8 Å². The Hall–Kier alpha value is -2.39. The first-order valence-electron chi connectivity index (χ1n) is 14.0. The predicted molar refractivity (Wildman–Crippen MR) is 144 cm³/mol. The second-order valence-electron chi connectivity index (χ2n) is 11.5. The minimum atomic E-state index is 0.234. The molecule has 35 heavy (non-hydrogen) atoms. The van der Waals surface area contributed by atoms with Gasteiger partial charge in [0.25, 0.3) is 0 Å². The topological polar surface area (TPSA) is 55.1 Å². The van der Waals surface area contributed by atoms with Crippen molar-refractivity contribution in [2.45, 2.75) is 94.5 Å². The number of carbonyl (C=O) groups is 1. The fourth-order valence-electron chi connectivity index (χ4n) is 7.25. The van der Waals surface area contributed by atoms with Gasteiger partial charge in [0.15, 0.2) is 0 Å². The van der Waals surface area contributed by atoms with Gasteiger partial charge in [-0.2, -0.15) is 0 Å². The summed E-state index contributed by atoms with van der Waals surface area (Å²) in [6.07, 6.45) is 15.6. The maximum atomic E-state index is 13.0. The molecule has 3 heteroatoms. The molecular weight excluding hydrogens is 428 g/mol. The predicted octanol–water partition coefficient (Wildman–Crippen LogP) is 6.47. The van der Waals surface area contributed by atoms with Gasteiger partial charge in [0.1, 0.15) is 0 Å². The molecule has 3 aliphatic rings. The van der Waals surface area contributed by atoms with E-state index in [2.05, 4.69) is 72.1 Å². The van der Waals surface area contributed by atoms with Crippen molar-refractivity contribution in [1.82, 2.24) is 5.32 Å². The highest BCUT2D eigenvalue weighted by atomic mass is 16.1. The third-order valence-electron chi connectivity index (χ3n) is 9.08. The molecule has 186 valence electrons. The van der Waals surface area contributed by atoms with Gasteiger partial charge in [-0.15, -0.1) is 0 Å². The Labute approximate surface area is 211 Å². The number of rotatable bonds is 7. The monoisotopic (exact) mass is 470 g/mol. The maximum Gasteiger partial charge on any atom is 0.220 e. The van der Waals surface area contributed by atoms with Gasteiger partial charge >= 0.3 is 0 Å². The van der Waals surface area contributed by atoms with Crippen LogP contribution in [0.5, 0.6) is 0 Å². The zero-order valence-electron chi connectivity index (χ0n) is 21.1. The van der Waals surface area contributed by atoms with Gasteiger partial charge in [0.2, 0.25) is 5.91 Å². The summed E-state index contributed by atoms with van der Waals surface area (Å²) in [5.74, 6) is 1.37. The first-order valence-corrected chi connectivity index (χ1v) is 14.0. The van der Waals surface area contributed by atoms with Crippen LogP contribution in [0.3, 0.4) is 0 Å². The molecular formula is C32H42N2O. The van der Waals surface area contributed by atoms with Gasteiger partial charge < -0.3 is 11.1 Å². The molecule has 3 nitrogen and oxygen atoms in total. The summed E-state index contributed by atoms with van der Waals surface area (Å²) in [6, 6.07) is 22.7. The average Bonchev–Trinajstić information content (AvgIpc) is 2.89. The van der Waals surface area contributed by atoms with E-state index in [-0.39, 0.29) is 11.3 Å². The van der Waals surface area contributed by atoms with Gasteiger partial charge in [-0.05, 0) is 92.6 Å². The largest absolute Gasteiger partial charge is 0.353 e. The molecule has 1 amide bonds. The van der Waals surface area contributed by atoms with Gasteiger partial charge in [-0.25, -0.2) is 0 Å². The minimum absolute atomic E-state index is 0.234. The molecule has 0 aromatic heterocycles. The van der Waals surface area contributed by atoms with Crippen molar-refractivity contribution < 1.29 is 4.79 Å². The molecule has 3 saturated carbocycles. The highest BCUT2D eigenvalue weighted by Gasteiger charge is 2.46. The molecule has 0 saturated heterocycles. The fraction of sp³-hybridized carbons (Fsp3) is 0.531. The molecule has 3 unspecified atom stereocenters. The Morgan fingerprint density at radius 3 is 2.40 bits per heavy atom. The van der Waals surface area contributed by atoms with Crippen molar-refractivity contribution in [3.8, 4) is 0 Å². The number of fused-ring (bicyclic) bond motifs is 2. The number of benzene rings is 2. The quantitative estimate of drug-likeness (QED) is 0.456. The van der Waals surface area contributed by atoms with E-state index in [1.807, 2.05) is 0 Å². The minimum Gasteiger partial charge on any atom is -0.353 e. The molecule has 0 heterocycles. The number of hydrogen-bond acceptors (Lipinski definition) is 2. The van der Waals surface area contributed by atoms with Gasteiger partial charge in [0.05, 0.1) is 0 Å². The molecule has 3 fully saturated rings. The zero-order chi connectivity index (χ0) is 24.1. The first kappa shape index (κ1) is 24.3. The summed E-state index contributed by atoms with van der Waals surface area (Å²) in [7, 11) is 0. The Balaban J connectivity index is 1.32. The number of hydrogen-bond donors (Lipinski definition) is 2. The van der Waals surface area contributed by atoms with E-state index < -0.39 is 0 Å². The lowest BCUT2D eigenvalue weighted by molar-refractivity contribution is -0.122. The molecule has 3 N–H and O–H groups in total. The normalized spacial score (nSPS) is 31.7. The summed E-state index contributed by atoms with van der Waals surface area (Å²) < 4.78 is 0. The average molecular weight is 471 g/mol. The molecule has 2 aromatic carbocycles. The SMILES string of the molecule is N[C@H]1CC[C@H](NC(=O)CCC2CC3(c4ccccc4)CCCC(C3)/C2=C\Cc2ccccc2)CC1. The second kappa shape index (κ2) is 11.1. The van der Waals surface area contributed by atoms with Crippen molar-refractivity contribution in [2.24, 2.45) is 17.6 Å². The first-order chi connectivity index (χ1) is 17.1. The van der Waals surface area contributed by atoms with Crippen molar-refractivity contribution in [3.05, 3.63) is 83.4 Å². The molecule has 2 aromatic rings. The van der Waals surface area contributed by atoms with Crippen molar-refractivity contribution in [3.63, 3.8) is 0 Å². The van der Waals surface area contributed by atoms with Crippen molar-refractivity contribution in [2.75, 3.05) is 0 Å². The Morgan fingerprint density at radius 2 is 1.66 bits per heavy atom. The summed E-state index contributed by atoms with van der Waals surface area (Å²) >= 11 is 0. The summed E-state index contributed by atoms with van der Waals surface area (Å²) in [5.41, 5.74) is 10.9. The van der Waals surface area contributed by atoms with Crippen molar-refractivity contribution in [1.29, 1.82) is 0 Å². The highest BCUT2D eigenvalue weighted by molar-refractivity contribution is 5.76. The lowest BCUT2D eigenvalue weighted by Gasteiger charge is -2.50. The van der Waals surface area contributed by atoms with E-state index in [4.69, 9.17) is 5.73 Å². The molecule has 3 atom stereocenters. The van der Waals surface area contributed by atoms with E-state index in [1.165, 1.54) is 43.2 Å². The number of nitrogens with two attached hydrogens (primary N) is 1. The molecule has 0 radical (unpaired) electrons. The van der Waals surface area contributed by atoms with E-state index >= 15 is 0 Å². The van der Waals surface area contributed by atoms with E-state index in [0.29, 0.717) is 30.3 Å². The van der Waals surface area contributed by atoms with Crippen LogP contribution in [-0.2, 0) is 16.6 Å². The van der Waals surface area contributed by atoms with Crippen LogP contribution in [0.1, 0.15) is 81.8 Å². The number of amides is 1. The second-order valence-corrected chi connectivity index (χ2v) is 11.5. The Morgan fingerprint density at radius 1 is 0.943 bits per heavy atom. The van der Waals surface area contributed by atoms with Gasteiger partial charge in [-0.3, -0.25) is 4.79 Å².